The average molecular weight is 445 g/mol. The molecule has 1 aliphatic heterocycles. The van der Waals surface area contributed by atoms with Gasteiger partial charge in [0.15, 0.2) is 0 Å². The van der Waals surface area contributed by atoms with E-state index in [1.165, 1.54) is 0 Å². The summed E-state index contributed by atoms with van der Waals surface area (Å²) < 4.78 is 0. The molecule has 1 fully saturated rings. The molecule has 0 unspecified atom stereocenters. The lowest BCUT2D eigenvalue weighted by Gasteiger charge is -2.41. The molecule has 0 amide bonds. The Morgan fingerprint density at radius 1 is 0.765 bits per heavy atom. The molecule has 6 heteroatoms. The number of nitriles is 4. The topological polar surface area (TPSA) is 120 Å². The zero-order valence-electron chi connectivity index (χ0n) is 19.0. The summed E-state index contributed by atoms with van der Waals surface area (Å²) in [5, 5.41) is 45.1. The van der Waals surface area contributed by atoms with Gasteiger partial charge in [-0.3, -0.25) is 4.99 Å². The monoisotopic (exact) mass is 444 g/mol. The van der Waals surface area contributed by atoms with Crippen LogP contribution in [0, 0.1) is 63.1 Å². The van der Waals surface area contributed by atoms with Crippen molar-refractivity contribution in [2.24, 2.45) is 15.8 Å². The fourth-order valence-electron chi connectivity index (χ4n) is 4.85. The van der Waals surface area contributed by atoms with Crippen LogP contribution in [0.5, 0.6) is 0 Å². The maximum absolute atomic E-state index is 10.5. The van der Waals surface area contributed by atoms with Gasteiger partial charge in [0.05, 0.1) is 36.0 Å². The van der Waals surface area contributed by atoms with Gasteiger partial charge in [0.2, 0.25) is 10.8 Å². The second-order valence-corrected chi connectivity index (χ2v) is 8.82. The van der Waals surface area contributed by atoms with Crippen molar-refractivity contribution >= 4 is 17.1 Å². The number of nitrogens with zero attached hydrogens (tertiary/aromatic N) is 5. The van der Waals surface area contributed by atoms with Crippen LogP contribution in [0.3, 0.4) is 0 Å². The number of rotatable bonds is 3. The molecule has 0 saturated heterocycles. The van der Waals surface area contributed by atoms with E-state index in [0.29, 0.717) is 16.8 Å². The summed E-state index contributed by atoms with van der Waals surface area (Å²) in [5.41, 5.74) is -0.999. The maximum Gasteiger partial charge on any atom is 0.235 e. The van der Waals surface area contributed by atoms with Gasteiger partial charge in [0, 0.05) is 5.57 Å². The van der Waals surface area contributed by atoms with Crippen molar-refractivity contribution in [1.82, 2.24) is 5.32 Å². The summed E-state index contributed by atoms with van der Waals surface area (Å²) >= 11 is 0. The molecule has 166 valence electrons. The summed E-state index contributed by atoms with van der Waals surface area (Å²) in [4.78, 5) is 4.82. The lowest BCUT2D eigenvalue weighted by Crippen LogP contribution is -2.55. The molecule has 4 rings (SSSR count). The maximum atomic E-state index is 10.5. The highest BCUT2D eigenvalue weighted by Gasteiger charge is 2.64. The Bertz CT molecular complexity index is 1270. The molecule has 34 heavy (non-hydrogen) atoms. The Morgan fingerprint density at radius 2 is 1.35 bits per heavy atom. The van der Waals surface area contributed by atoms with Crippen molar-refractivity contribution in [3.63, 3.8) is 0 Å². The predicted octanol–water partition coefficient (Wildman–Crippen LogP) is 5.26. The number of nitrogens with one attached hydrogen (secondary N) is 1. The van der Waals surface area contributed by atoms with Gasteiger partial charge < -0.3 is 5.32 Å². The van der Waals surface area contributed by atoms with Crippen LogP contribution in [0.15, 0.2) is 59.6 Å². The third-order valence-corrected chi connectivity index (χ3v) is 6.75. The highest BCUT2D eigenvalue weighted by Crippen LogP contribution is 2.54. The van der Waals surface area contributed by atoms with Crippen molar-refractivity contribution < 1.29 is 0 Å². The van der Waals surface area contributed by atoms with E-state index in [1.807, 2.05) is 73.7 Å². The molecule has 1 saturated carbocycles. The number of aliphatic imine (C=N–C) groups is 1. The lowest BCUT2D eigenvalue weighted by atomic mass is 9.57. The summed E-state index contributed by atoms with van der Waals surface area (Å²) in [6, 6.07) is 25.0. The van der Waals surface area contributed by atoms with E-state index in [0.717, 1.165) is 43.2 Å². The van der Waals surface area contributed by atoms with E-state index in [2.05, 4.69) is 17.5 Å². The van der Waals surface area contributed by atoms with Crippen molar-refractivity contribution in [3.05, 3.63) is 71.3 Å². The Kier molecular flexibility index (Phi) is 6.19. The molecular weight excluding hydrogens is 420 g/mol. The van der Waals surface area contributed by atoms with Crippen LogP contribution in [0.25, 0.3) is 11.3 Å². The van der Waals surface area contributed by atoms with Gasteiger partial charge in [-0.25, -0.2) is 0 Å². The number of aryl methyl sites for hydroxylation is 1. The number of hydrogen-bond donors (Lipinski definition) is 1. The molecule has 1 N–H and O–H groups in total. The SMILES string of the molecule is Cc1ccc(C2=C(c3ccccc3)NC(=NC3CCCCC3)C(C#N)(C#N)C2(C#N)C#N)cc1. The van der Waals surface area contributed by atoms with Crippen molar-refractivity contribution in [2.45, 2.75) is 45.1 Å². The molecule has 2 aromatic rings. The minimum absolute atomic E-state index is 0.0645. The molecule has 0 atom stereocenters. The Labute approximate surface area is 200 Å². The van der Waals surface area contributed by atoms with E-state index in [1.54, 1.807) is 0 Å². The minimum atomic E-state index is -2.10. The van der Waals surface area contributed by atoms with E-state index >= 15 is 0 Å². The van der Waals surface area contributed by atoms with Crippen molar-refractivity contribution in [3.8, 4) is 24.3 Å². The Balaban J connectivity index is 2.09. The number of amidine groups is 1. The zero-order valence-corrected chi connectivity index (χ0v) is 19.0. The first-order valence-electron chi connectivity index (χ1n) is 11.4. The van der Waals surface area contributed by atoms with Gasteiger partial charge in [-0.1, -0.05) is 79.4 Å². The van der Waals surface area contributed by atoms with Crippen LogP contribution >= 0.6 is 0 Å². The smallest absolute Gasteiger partial charge is 0.235 e. The second kappa shape index (κ2) is 9.23. The van der Waals surface area contributed by atoms with E-state index in [9.17, 15) is 21.0 Å². The molecule has 0 radical (unpaired) electrons. The van der Waals surface area contributed by atoms with E-state index in [4.69, 9.17) is 4.99 Å². The molecule has 2 aromatic carbocycles. The highest BCUT2D eigenvalue weighted by atomic mass is 15.1. The molecule has 0 spiro atoms. The van der Waals surface area contributed by atoms with Gasteiger partial charge in [-0.15, -0.1) is 0 Å². The van der Waals surface area contributed by atoms with Crippen LogP contribution in [-0.2, 0) is 0 Å². The average Bonchev–Trinajstić information content (AvgIpc) is 2.89. The van der Waals surface area contributed by atoms with Gasteiger partial charge in [0.1, 0.15) is 5.84 Å². The van der Waals surface area contributed by atoms with Gasteiger partial charge in [-0.2, -0.15) is 21.0 Å². The Morgan fingerprint density at radius 3 is 1.91 bits per heavy atom. The number of allylic oxidation sites excluding steroid dienone is 1. The van der Waals surface area contributed by atoms with Crippen LogP contribution < -0.4 is 5.32 Å². The van der Waals surface area contributed by atoms with Crippen molar-refractivity contribution in [1.29, 1.82) is 21.0 Å². The molecule has 1 heterocycles. The van der Waals surface area contributed by atoms with Crippen LogP contribution in [0.1, 0.15) is 48.8 Å². The standard InChI is InChI=1S/C28H24N6/c1-20-12-14-21(15-13-20)24-25(22-8-4-2-5-9-22)34-26(33-23-10-6-3-7-11-23)28(18-31,19-32)27(24,16-29)17-30/h2,4-5,8-9,12-15,23H,3,6-7,10-11H2,1H3,(H,33,34). The first-order chi connectivity index (χ1) is 16.5. The molecule has 0 bridgehead atoms. The third kappa shape index (κ3) is 3.51. The van der Waals surface area contributed by atoms with Gasteiger partial charge in [0.25, 0.3) is 0 Å². The first kappa shape index (κ1) is 22.8. The Hall–Kier alpha value is -4.39. The van der Waals surface area contributed by atoms with E-state index < -0.39 is 10.8 Å². The summed E-state index contributed by atoms with van der Waals surface area (Å²) in [6.45, 7) is 1.95. The summed E-state index contributed by atoms with van der Waals surface area (Å²) in [7, 11) is 0. The van der Waals surface area contributed by atoms with Crippen molar-refractivity contribution in [2.75, 3.05) is 0 Å². The van der Waals surface area contributed by atoms with E-state index in [-0.39, 0.29) is 11.9 Å². The van der Waals surface area contributed by atoms with Crippen LogP contribution in [-0.4, -0.2) is 11.9 Å². The number of hydrogen-bond acceptors (Lipinski definition) is 5. The third-order valence-electron chi connectivity index (χ3n) is 6.75. The molecule has 6 nitrogen and oxygen atoms in total. The minimum Gasteiger partial charge on any atom is -0.341 e. The van der Waals surface area contributed by atoms with Gasteiger partial charge >= 0.3 is 0 Å². The van der Waals surface area contributed by atoms with Crippen LogP contribution in [0.2, 0.25) is 0 Å². The predicted molar refractivity (Wildman–Crippen MR) is 129 cm³/mol. The second-order valence-electron chi connectivity index (χ2n) is 8.82. The largest absolute Gasteiger partial charge is 0.341 e. The lowest BCUT2D eigenvalue weighted by molar-refractivity contribution is 0.430. The molecule has 0 aromatic heterocycles. The molecule has 1 aliphatic carbocycles. The fraction of sp³-hybridized carbons (Fsp3) is 0.321. The quantitative estimate of drug-likeness (QED) is 0.692. The zero-order chi connectivity index (χ0) is 24.2. The first-order valence-corrected chi connectivity index (χ1v) is 11.4. The summed E-state index contributed by atoms with van der Waals surface area (Å²) in [5.74, 6) is 0.0854. The normalized spacial score (nSPS) is 20.3. The highest BCUT2D eigenvalue weighted by molar-refractivity contribution is 6.13. The van der Waals surface area contributed by atoms with Gasteiger partial charge in [-0.05, 0) is 30.9 Å². The number of benzene rings is 2. The molecule has 2 aliphatic rings. The van der Waals surface area contributed by atoms with Crippen LogP contribution in [0.4, 0.5) is 0 Å². The summed E-state index contributed by atoms with van der Waals surface area (Å²) in [6.07, 6.45) is 4.86. The fourth-order valence-corrected chi connectivity index (χ4v) is 4.85. The molecular formula is C28H24N6.